The number of piperidine rings is 1. The molecule has 1 amide bonds. The molecule has 0 aliphatic carbocycles. The average Bonchev–Trinajstić information content (AvgIpc) is 2.37. The van der Waals surface area contributed by atoms with E-state index in [9.17, 15) is 4.79 Å². The van der Waals surface area contributed by atoms with Crippen LogP contribution in [0.25, 0.3) is 0 Å². The Balaban J connectivity index is 2.19. The van der Waals surface area contributed by atoms with Gasteiger partial charge in [0.05, 0.1) is 5.56 Å². The number of nitrogen functional groups attached to an aromatic ring is 1. The number of amides is 1. The van der Waals surface area contributed by atoms with Gasteiger partial charge in [0.1, 0.15) is 0 Å². The van der Waals surface area contributed by atoms with Crippen molar-refractivity contribution in [3.63, 3.8) is 0 Å². The quantitative estimate of drug-likeness (QED) is 0.825. The van der Waals surface area contributed by atoms with E-state index >= 15 is 0 Å². The van der Waals surface area contributed by atoms with E-state index < -0.39 is 0 Å². The number of rotatable bonds is 2. The Labute approximate surface area is 115 Å². The average molecular weight is 261 g/mol. The molecule has 1 aliphatic rings. The lowest BCUT2D eigenvalue weighted by Gasteiger charge is -2.36. The molecular formula is C15H23N3O. The Bertz CT molecular complexity index is 452. The number of anilines is 1. The molecule has 4 nitrogen and oxygen atoms in total. The van der Waals surface area contributed by atoms with Gasteiger partial charge in [0, 0.05) is 25.3 Å². The maximum absolute atomic E-state index is 12.6. The second-order valence-corrected chi connectivity index (χ2v) is 5.51. The van der Waals surface area contributed by atoms with E-state index in [0.717, 1.165) is 31.5 Å². The van der Waals surface area contributed by atoms with E-state index in [1.54, 1.807) is 6.07 Å². The van der Waals surface area contributed by atoms with E-state index in [2.05, 4.69) is 11.9 Å². The second-order valence-electron chi connectivity index (χ2n) is 5.51. The van der Waals surface area contributed by atoms with Crippen molar-refractivity contribution in [1.29, 1.82) is 0 Å². The first kappa shape index (κ1) is 13.9. The Morgan fingerprint density at radius 2 is 2.21 bits per heavy atom. The van der Waals surface area contributed by atoms with E-state index in [0.29, 0.717) is 11.3 Å². The van der Waals surface area contributed by atoms with Gasteiger partial charge in [-0.2, -0.15) is 0 Å². The van der Waals surface area contributed by atoms with Gasteiger partial charge in [0.15, 0.2) is 0 Å². The molecule has 2 N–H and O–H groups in total. The Hall–Kier alpha value is -1.55. The number of carbonyl (C=O) groups is 1. The normalized spacial score (nSPS) is 20.3. The van der Waals surface area contributed by atoms with Crippen LogP contribution in [-0.4, -0.2) is 48.9 Å². The number of benzene rings is 1. The zero-order valence-electron chi connectivity index (χ0n) is 12.0. The molecule has 0 radical (unpaired) electrons. The number of hydrogen-bond acceptors (Lipinski definition) is 3. The summed E-state index contributed by atoms with van der Waals surface area (Å²) in [6, 6.07) is 5.90. The molecule has 104 valence electrons. The first-order chi connectivity index (χ1) is 9.00. The molecule has 1 atom stereocenters. The minimum Gasteiger partial charge on any atom is -0.398 e. The largest absolute Gasteiger partial charge is 0.398 e. The van der Waals surface area contributed by atoms with Gasteiger partial charge in [-0.3, -0.25) is 4.79 Å². The molecule has 19 heavy (non-hydrogen) atoms. The first-order valence-corrected chi connectivity index (χ1v) is 6.81. The number of carbonyl (C=O) groups excluding carboxylic acids is 1. The predicted molar refractivity (Wildman–Crippen MR) is 78.2 cm³/mol. The van der Waals surface area contributed by atoms with Crippen molar-refractivity contribution in [2.75, 3.05) is 32.9 Å². The highest BCUT2D eigenvalue weighted by atomic mass is 16.2. The minimum absolute atomic E-state index is 0.0379. The number of likely N-dealkylation sites (N-methyl/N-ethyl adjacent to an activating group) is 2. The number of aryl methyl sites for hydroxylation is 1. The summed E-state index contributed by atoms with van der Waals surface area (Å²) in [6.45, 7) is 3.99. The summed E-state index contributed by atoms with van der Waals surface area (Å²) < 4.78 is 0. The molecule has 2 rings (SSSR count). The molecule has 1 saturated heterocycles. The summed E-state index contributed by atoms with van der Waals surface area (Å²) in [5, 5.41) is 0. The molecule has 1 aromatic carbocycles. The molecule has 0 aromatic heterocycles. The van der Waals surface area contributed by atoms with E-state index in [-0.39, 0.29) is 11.9 Å². The second kappa shape index (κ2) is 5.61. The van der Waals surface area contributed by atoms with Crippen molar-refractivity contribution < 1.29 is 4.79 Å². The molecule has 1 fully saturated rings. The SMILES string of the molecule is Cc1cccc(N)c1C(=O)N(C)C1CCCN(C)C1. The lowest BCUT2D eigenvalue weighted by molar-refractivity contribution is 0.0644. The van der Waals surface area contributed by atoms with Gasteiger partial charge in [-0.15, -0.1) is 0 Å². The van der Waals surface area contributed by atoms with Gasteiger partial charge in [-0.1, -0.05) is 12.1 Å². The predicted octanol–water partition coefficient (Wildman–Crippen LogP) is 1.74. The molecule has 0 spiro atoms. The van der Waals surface area contributed by atoms with Crippen LogP contribution in [0.5, 0.6) is 0 Å². The van der Waals surface area contributed by atoms with Crippen molar-refractivity contribution in [3.8, 4) is 0 Å². The van der Waals surface area contributed by atoms with Crippen molar-refractivity contribution >= 4 is 11.6 Å². The van der Waals surface area contributed by atoms with E-state index in [1.807, 2.05) is 31.0 Å². The van der Waals surface area contributed by atoms with Crippen molar-refractivity contribution in [1.82, 2.24) is 9.80 Å². The summed E-state index contributed by atoms with van der Waals surface area (Å²) in [7, 11) is 3.99. The monoisotopic (exact) mass is 261 g/mol. The molecule has 0 saturated carbocycles. The smallest absolute Gasteiger partial charge is 0.256 e. The first-order valence-electron chi connectivity index (χ1n) is 6.81. The number of hydrogen-bond donors (Lipinski definition) is 1. The summed E-state index contributed by atoms with van der Waals surface area (Å²) in [5.74, 6) is 0.0379. The highest BCUT2D eigenvalue weighted by Crippen LogP contribution is 2.21. The maximum Gasteiger partial charge on any atom is 0.256 e. The van der Waals surface area contributed by atoms with Gasteiger partial charge < -0.3 is 15.5 Å². The van der Waals surface area contributed by atoms with Gasteiger partial charge in [-0.05, 0) is 45.0 Å². The van der Waals surface area contributed by atoms with Crippen LogP contribution in [0.15, 0.2) is 18.2 Å². The van der Waals surface area contributed by atoms with Gasteiger partial charge in [0.25, 0.3) is 5.91 Å². The Kier molecular flexibility index (Phi) is 4.10. The van der Waals surface area contributed by atoms with E-state index in [4.69, 9.17) is 5.73 Å². The minimum atomic E-state index is 0.0379. The molecular weight excluding hydrogens is 238 g/mol. The van der Waals surface area contributed by atoms with Crippen molar-refractivity contribution in [2.24, 2.45) is 0 Å². The molecule has 4 heteroatoms. The third-order valence-electron chi connectivity index (χ3n) is 3.99. The zero-order valence-corrected chi connectivity index (χ0v) is 12.0. The van der Waals surface area contributed by atoms with Crippen LogP contribution in [0.2, 0.25) is 0 Å². The van der Waals surface area contributed by atoms with Gasteiger partial charge in [-0.25, -0.2) is 0 Å². The van der Waals surface area contributed by atoms with Gasteiger partial charge >= 0.3 is 0 Å². The molecule has 1 aliphatic heterocycles. The van der Waals surface area contributed by atoms with Crippen LogP contribution in [0.1, 0.15) is 28.8 Å². The maximum atomic E-state index is 12.6. The van der Waals surface area contributed by atoms with Crippen LogP contribution in [0.3, 0.4) is 0 Å². The summed E-state index contributed by atoms with van der Waals surface area (Å²) >= 11 is 0. The Morgan fingerprint density at radius 3 is 2.84 bits per heavy atom. The molecule has 1 heterocycles. The molecule has 0 bridgehead atoms. The molecule has 1 aromatic rings. The van der Waals surface area contributed by atoms with Crippen LogP contribution >= 0.6 is 0 Å². The van der Waals surface area contributed by atoms with Gasteiger partial charge in [0.2, 0.25) is 0 Å². The Morgan fingerprint density at radius 1 is 1.47 bits per heavy atom. The highest BCUT2D eigenvalue weighted by molar-refractivity contribution is 6.00. The highest BCUT2D eigenvalue weighted by Gasteiger charge is 2.26. The lowest BCUT2D eigenvalue weighted by Crippen LogP contribution is -2.47. The lowest BCUT2D eigenvalue weighted by atomic mass is 10.0. The van der Waals surface area contributed by atoms with Crippen LogP contribution in [0.4, 0.5) is 5.69 Å². The number of nitrogens with zero attached hydrogens (tertiary/aromatic N) is 2. The summed E-state index contributed by atoms with van der Waals surface area (Å²) in [5.41, 5.74) is 8.13. The fraction of sp³-hybridized carbons (Fsp3) is 0.533. The summed E-state index contributed by atoms with van der Waals surface area (Å²) in [4.78, 5) is 16.8. The van der Waals surface area contributed by atoms with E-state index in [1.165, 1.54) is 0 Å². The number of likely N-dealkylation sites (tertiary alicyclic amines) is 1. The topological polar surface area (TPSA) is 49.6 Å². The fourth-order valence-corrected chi connectivity index (χ4v) is 2.78. The third-order valence-corrected chi connectivity index (χ3v) is 3.99. The fourth-order valence-electron chi connectivity index (χ4n) is 2.78. The number of nitrogens with two attached hydrogens (primary N) is 1. The summed E-state index contributed by atoms with van der Waals surface area (Å²) in [6.07, 6.45) is 2.21. The zero-order chi connectivity index (χ0) is 14.0. The standard InChI is InChI=1S/C15H23N3O/c1-11-6-4-8-13(16)14(11)15(19)18(3)12-7-5-9-17(2)10-12/h4,6,8,12H,5,7,9-10,16H2,1-3H3. The van der Waals surface area contributed by atoms with Crippen LogP contribution < -0.4 is 5.73 Å². The van der Waals surface area contributed by atoms with Crippen molar-refractivity contribution in [3.05, 3.63) is 29.3 Å². The third kappa shape index (κ3) is 2.89. The van der Waals surface area contributed by atoms with Crippen molar-refractivity contribution in [2.45, 2.75) is 25.8 Å². The van der Waals surface area contributed by atoms with Crippen LogP contribution in [-0.2, 0) is 0 Å². The molecule has 1 unspecified atom stereocenters. The van der Waals surface area contributed by atoms with Crippen LogP contribution in [0, 0.1) is 6.92 Å².